The molecule has 7 heteroatoms. The Kier molecular flexibility index (Phi) is 5.43. The minimum atomic E-state index is -1.09. The van der Waals surface area contributed by atoms with Crippen LogP contribution in [0.4, 0.5) is 4.79 Å². The molecule has 0 unspecified atom stereocenters. The third-order valence-corrected chi connectivity index (χ3v) is 2.06. The smallest absolute Gasteiger partial charge is 0.323 e. The van der Waals surface area contributed by atoms with Gasteiger partial charge in [0.15, 0.2) is 0 Å². The van der Waals surface area contributed by atoms with Crippen molar-refractivity contribution in [3.8, 4) is 0 Å². The maximum atomic E-state index is 11.7. The van der Waals surface area contributed by atoms with Gasteiger partial charge in [0.2, 0.25) is 5.91 Å². The highest BCUT2D eigenvalue weighted by Gasteiger charge is 2.25. The number of carbonyl (C=O) groups is 3. The van der Waals surface area contributed by atoms with Crippen molar-refractivity contribution in [3.05, 3.63) is 0 Å². The number of likely N-dealkylation sites (N-methyl/N-ethyl adjacent to an activating group) is 1. The van der Waals surface area contributed by atoms with Crippen LogP contribution in [0.1, 0.15) is 27.2 Å². The Balaban J connectivity index is 4.49. The first-order valence-corrected chi connectivity index (χ1v) is 5.25. The van der Waals surface area contributed by atoms with Crippen molar-refractivity contribution in [2.75, 3.05) is 13.1 Å². The van der Waals surface area contributed by atoms with Crippen LogP contribution in [-0.4, -0.2) is 46.5 Å². The van der Waals surface area contributed by atoms with Crippen molar-refractivity contribution in [2.24, 2.45) is 5.73 Å². The summed E-state index contributed by atoms with van der Waals surface area (Å²) in [7, 11) is 0. The van der Waals surface area contributed by atoms with Gasteiger partial charge in [-0.25, -0.2) is 4.79 Å². The van der Waals surface area contributed by atoms with E-state index in [1.54, 1.807) is 20.8 Å². The number of rotatable bonds is 6. The van der Waals surface area contributed by atoms with Crippen LogP contribution < -0.4 is 11.1 Å². The Labute approximate surface area is 100.0 Å². The fourth-order valence-electron chi connectivity index (χ4n) is 1.34. The predicted molar refractivity (Wildman–Crippen MR) is 61.3 cm³/mol. The normalized spacial score (nSPS) is 10.8. The second-order valence-corrected chi connectivity index (χ2v) is 4.37. The number of nitrogens with zero attached hydrogens (tertiary/aromatic N) is 1. The number of carbonyl (C=O) groups excluding carboxylic acids is 2. The van der Waals surface area contributed by atoms with Crippen LogP contribution >= 0.6 is 0 Å². The summed E-state index contributed by atoms with van der Waals surface area (Å²) in [6.07, 6.45) is -0.0105. The maximum absolute atomic E-state index is 11.7. The summed E-state index contributed by atoms with van der Waals surface area (Å²) in [5.74, 6) is -1.62. The number of primary amides is 1. The molecule has 0 radical (unpaired) electrons. The van der Waals surface area contributed by atoms with E-state index in [-0.39, 0.29) is 19.5 Å². The minimum Gasteiger partial charge on any atom is -0.480 e. The second kappa shape index (κ2) is 6.07. The molecule has 0 aliphatic rings. The van der Waals surface area contributed by atoms with E-state index in [4.69, 9.17) is 10.8 Å². The van der Waals surface area contributed by atoms with Gasteiger partial charge in [-0.15, -0.1) is 0 Å². The van der Waals surface area contributed by atoms with Crippen LogP contribution in [0.5, 0.6) is 0 Å². The predicted octanol–water partition coefficient (Wildman–Crippen LogP) is -0.243. The van der Waals surface area contributed by atoms with Gasteiger partial charge in [0.05, 0.1) is 0 Å². The molecule has 4 N–H and O–H groups in total. The number of urea groups is 1. The number of hydrogen-bond acceptors (Lipinski definition) is 3. The van der Waals surface area contributed by atoms with Crippen LogP contribution in [0, 0.1) is 0 Å². The van der Waals surface area contributed by atoms with Gasteiger partial charge >= 0.3 is 12.0 Å². The summed E-state index contributed by atoms with van der Waals surface area (Å²) in [6.45, 7) is 4.85. The van der Waals surface area contributed by atoms with Crippen molar-refractivity contribution in [1.82, 2.24) is 10.2 Å². The second-order valence-electron chi connectivity index (χ2n) is 4.37. The number of carboxylic acid groups (broad SMARTS) is 1. The van der Waals surface area contributed by atoms with Crippen LogP contribution in [0.15, 0.2) is 0 Å². The summed E-state index contributed by atoms with van der Waals surface area (Å²) in [4.78, 5) is 34.1. The number of carboxylic acids is 1. The molecule has 0 aliphatic heterocycles. The van der Waals surface area contributed by atoms with Gasteiger partial charge < -0.3 is 21.1 Å². The van der Waals surface area contributed by atoms with Crippen molar-refractivity contribution in [3.63, 3.8) is 0 Å². The molecule has 7 nitrogen and oxygen atoms in total. The van der Waals surface area contributed by atoms with E-state index in [0.717, 1.165) is 4.90 Å². The van der Waals surface area contributed by atoms with Gasteiger partial charge in [-0.1, -0.05) is 0 Å². The Morgan fingerprint density at radius 3 is 2.24 bits per heavy atom. The fourth-order valence-corrected chi connectivity index (χ4v) is 1.34. The molecule has 0 rings (SSSR count). The van der Waals surface area contributed by atoms with E-state index in [1.807, 2.05) is 0 Å². The third-order valence-electron chi connectivity index (χ3n) is 2.06. The van der Waals surface area contributed by atoms with Crippen LogP contribution in [0.25, 0.3) is 0 Å². The van der Waals surface area contributed by atoms with E-state index in [0.29, 0.717) is 0 Å². The standard InChI is InChI=1S/C10H19N3O4/c1-4-13(6-8(15)16)9(17)12-10(2,3)5-7(11)14/h4-6H2,1-3H3,(H2,11,14)(H,12,17)(H,15,16). The summed E-state index contributed by atoms with van der Waals surface area (Å²) in [5, 5.41) is 11.2. The van der Waals surface area contributed by atoms with Gasteiger partial charge in [0.1, 0.15) is 6.54 Å². The van der Waals surface area contributed by atoms with Crippen molar-refractivity contribution in [1.29, 1.82) is 0 Å². The van der Waals surface area contributed by atoms with Crippen LogP contribution in [0.3, 0.4) is 0 Å². The zero-order chi connectivity index (χ0) is 13.6. The third kappa shape index (κ3) is 6.39. The molecular formula is C10H19N3O4. The molecule has 0 bridgehead atoms. The Morgan fingerprint density at radius 1 is 1.35 bits per heavy atom. The number of aliphatic carboxylic acids is 1. The quantitative estimate of drug-likeness (QED) is 0.599. The molecule has 0 aromatic rings. The molecule has 0 aliphatic carbocycles. The Bertz CT molecular complexity index is 315. The molecular weight excluding hydrogens is 226 g/mol. The van der Waals surface area contributed by atoms with Crippen molar-refractivity contribution < 1.29 is 19.5 Å². The lowest BCUT2D eigenvalue weighted by molar-refractivity contribution is -0.137. The van der Waals surface area contributed by atoms with Gasteiger partial charge in [-0.3, -0.25) is 9.59 Å². The Morgan fingerprint density at radius 2 is 1.88 bits per heavy atom. The lowest BCUT2D eigenvalue weighted by Crippen LogP contribution is -2.52. The molecule has 0 atom stereocenters. The van der Waals surface area contributed by atoms with E-state index in [2.05, 4.69) is 5.32 Å². The average Bonchev–Trinajstić information content (AvgIpc) is 2.10. The number of nitrogens with two attached hydrogens (primary N) is 1. The molecule has 0 aromatic heterocycles. The molecule has 0 heterocycles. The highest BCUT2D eigenvalue weighted by Crippen LogP contribution is 2.08. The maximum Gasteiger partial charge on any atom is 0.323 e. The zero-order valence-electron chi connectivity index (χ0n) is 10.3. The monoisotopic (exact) mass is 245 g/mol. The van der Waals surface area contributed by atoms with Gasteiger partial charge in [0.25, 0.3) is 0 Å². The molecule has 0 saturated heterocycles. The molecule has 17 heavy (non-hydrogen) atoms. The van der Waals surface area contributed by atoms with E-state index in [1.165, 1.54) is 0 Å². The topological polar surface area (TPSA) is 113 Å². The molecule has 0 fully saturated rings. The van der Waals surface area contributed by atoms with Gasteiger partial charge in [-0.05, 0) is 20.8 Å². The highest BCUT2D eigenvalue weighted by molar-refractivity contribution is 5.81. The first-order valence-electron chi connectivity index (χ1n) is 5.25. The van der Waals surface area contributed by atoms with Crippen molar-refractivity contribution >= 4 is 17.9 Å². The summed E-state index contributed by atoms with van der Waals surface area (Å²) in [5.41, 5.74) is 4.25. The first kappa shape index (κ1) is 15.2. The van der Waals surface area contributed by atoms with Crippen molar-refractivity contribution in [2.45, 2.75) is 32.7 Å². The molecule has 3 amide bonds. The van der Waals surface area contributed by atoms with Crippen LogP contribution in [-0.2, 0) is 9.59 Å². The van der Waals surface area contributed by atoms with E-state index >= 15 is 0 Å². The molecule has 0 spiro atoms. The minimum absolute atomic E-state index is 0.0105. The number of nitrogens with one attached hydrogen (secondary N) is 1. The number of amides is 3. The zero-order valence-corrected chi connectivity index (χ0v) is 10.3. The summed E-state index contributed by atoms with van der Waals surface area (Å²) < 4.78 is 0. The summed E-state index contributed by atoms with van der Waals surface area (Å²) >= 11 is 0. The lowest BCUT2D eigenvalue weighted by atomic mass is 10.0. The fraction of sp³-hybridized carbons (Fsp3) is 0.700. The lowest BCUT2D eigenvalue weighted by Gasteiger charge is -2.28. The average molecular weight is 245 g/mol. The number of hydrogen-bond donors (Lipinski definition) is 3. The van der Waals surface area contributed by atoms with E-state index in [9.17, 15) is 14.4 Å². The molecule has 98 valence electrons. The summed E-state index contributed by atoms with van der Waals surface area (Å²) in [6, 6.07) is -0.527. The molecule has 0 saturated carbocycles. The highest BCUT2D eigenvalue weighted by atomic mass is 16.4. The van der Waals surface area contributed by atoms with E-state index < -0.39 is 23.4 Å². The SMILES string of the molecule is CCN(CC(=O)O)C(=O)NC(C)(C)CC(N)=O. The van der Waals surface area contributed by atoms with Crippen LogP contribution in [0.2, 0.25) is 0 Å². The molecule has 0 aromatic carbocycles. The van der Waals surface area contributed by atoms with Gasteiger partial charge in [0, 0.05) is 18.5 Å². The largest absolute Gasteiger partial charge is 0.480 e. The first-order chi connectivity index (χ1) is 7.68. The van der Waals surface area contributed by atoms with Gasteiger partial charge in [-0.2, -0.15) is 0 Å². The Hall–Kier alpha value is -1.79.